The molecule has 5 rings (SSSR count). The number of carbonyl (C=O) groups excluding carboxylic acids is 1. The Hall–Kier alpha value is -3.35. The number of amides is 1. The number of hydrogen-bond acceptors (Lipinski definition) is 5. The van der Waals surface area contributed by atoms with Gasteiger partial charge < -0.3 is 14.4 Å². The van der Waals surface area contributed by atoms with Gasteiger partial charge in [-0.1, -0.05) is 24.3 Å². The third-order valence-electron chi connectivity index (χ3n) is 5.82. The van der Waals surface area contributed by atoms with Crippen LogP contribution in [0.3, 0.4) is 0 Å². The molecule has 3 heterocycles. The fourth-order valence-electron chi connectivity index (χ4n) is 4.35. The van der Waals surface area contributed by atoms with Gasteiger partial charge in [0.2, 0.25) is 5.91 Å². The quantitative estimate of drug-likeness (QED) is 0.724. The van der Waals surface area contributed by atoms with Gasteiger partial charge in [-0.2, -0.15) is 5.10 Å². The molecule has 3 aromatic rings. The largest absolute Gasteiger partial charge is 0.490 e. The zero-order valence-electron chi connectivity index (χ0n) is 16.6. The molecular formula is C23H23N3O4. The molecule has 1 atom stereocenters. The Morgan fingerprint density at radius 2 is 1.87 bits per heavy atom. The molecule has 0 bridgehead atoms. The number of aromatic nitrogens is 2. The van der Waals surface area contributed by atoms with Gasteiger partial charge in [-0.15, -0.1) is 0 Å². The summed E-state index contributed by atoms with van der Waals surface area (Å²) in [7, 11) is 0. The number of benzene rings is 2. The average molecular weight is 405 g/mol. The van der Waals surface area contributed by atoms with Crippen LogP contribution in [0, 0.1) is 0 Å². The van der Waals surface area contributed by atoms with Crippen molar-refractivity contribution in [2.24, 2.45) is 0 Å². The van der Waals surface area contributed by atoms with Crippen LogP contribution in [0.2, 0.25) is 0 Å². The lowest BCUT2D eigenvalue weighted by Gasteiger charge is -2.26. The van der Waals surface area contributed by atoms with Gasteiger partial charge in [0.25, 0.3) is 5.56 Å². The van der Waals surface area contributed by atoms with E-state index in [0.717, 1.165) is 41.7 Å². The molecule has 2 aliphatic heterocycles. The third-order valence-corrected chi connectivity index (χ3v) is 5.82. The zero-order chi connectivity index (χ0) is 20.5. The number of H-pyrrole nitrogens is 1. The van der Waals surface area contributed by atoms with Gasteiger partial charge in [0, 0.05) is 18.4 Å². The first-order valence-electron chi connectivity index (χ1n) is 10.4. The van der Waals surface area contributed by atoms with Crippen LogP contribution in [0.15, 0.2) is 47.3 Å². The van der Waals surface area contributed by atoms with Gasteiger partial charge in [0.1, 0.15) is 0 Å². The fraction of sp³-hybridized carbons (Fsp3) is 0.348. The van der Waals surface area contributed by atoms with Crippen molar-refractivity contribution >= 4 is 16.7 Å². The highest BCUT2D eigenvalue weighted by Gasteiger charge is 2.31. The normalized spacial score (nSPS) is 18.4. The van der Waals surface area contributed by atoms with E-state index in [4.69, 9.17) is 9.47 Å². The van der Waals surface area contributed by atoms with Gasteiger partial charge in [0.05, 0.1) is 36.8 Å². The summed E-state index contributed by atoms with van der Waals surface area (Å²) in [5.41, 5.74) is 1.41. The van der Waals surface area contributed by atoms with Crippen LogP contribution in [-0.4, -0.2) is 40.8 Å². The SMILES string of the molecule is O=C(Cc1n[nH]c(=O)c2ccccc12)N1CCCC1c1ccc2c(c1)OCCCO2. The van der Waals surface area contributed by atoms with Crippen LogP contribution in [-0.2, 0) is 11.2 Å². The predicted molar refractivity (Wildman–Crippen MR) is 112 cm³/mol. The van der Waals surface area contributed by atoms with Gasteiger partial charge >= 0.3 is 0 Å². The maximum atomic E-state index is 13.2. The van der Waals surface area contributed by atoms with Crippen molar-refractivity contribution < 1.29 is 14.3 Å². The van der Waals surface area contributed by atoms with Crippen molar-refractivity contribution in [3.8, 4) is 11.5 Å². The fourth-order valence-corrected chi connectivity index (χ4v) is 4.35. The number of fused-ring (bicyclic) bond motifs is 2. The van der Waals surface area contributed by atoms with E-state index in [1.54, 1.807) is 6.07 Å². The molecule has 0 spiro atoms. The van der Waals surface area contributed by atoms with Crippen LogP contribution >= 0.6 is 0 Å². The monoisotopic (exact) mass is 405 g/mol. The summed E-state index contributed by atoms with van der Waals surface area (Å²) in [5.74, 6) is 1.52. The molecular weight excluding hydrogens is 382 g/mol. The molecule has 30 heavy (non-hydrogen) atoms. The van der Waals surface area contributed by atoms with E-state index in [1.807, 2.05) is 41.3 Å². The minimum atomic E-state index is -0.243. The highest BCUT2D eigenvalue weighted by atomic mass is 16.5. The van der Waals surface area contributed by atoms with Gasteiger partial charge in [-0.05, 0) is 36.6 Å². The van der Waals surface area contributed by atoms with Gasteiger partial charge in [-0.3, -0.25) is 9.59 Å². The predicted octanol–water partition coefficient (Wildman–Crippen LogP) is 2.99. The van der Waals surface area contributed by atoms with Crippen LogP contribution in [0.5, 0.6) is 11.5 Å². The summed E-state index contributed by atoms with van der Waals surface area (Å²) in [6.07, 6.45) is 2.87. The molecule has 0 radical (unpaired) electrons. The first-order chi connectivity index (χ1) is 14.7. The molecule has 1 unspecified atom stereocenters. The lowest BCUT2D eigenvalue weighted by atomic mass is 10.0. The number of ether oxygens (including phenoxy) is 2. The summed E-state index contributed by atoms with van der Waals surface area (Å²) in [5, 5.41) is 7.95. The molecule has 7 nitrogen and oxygen atoms in total. The molecule has 154 valence electrons. The van der Waals surface area contributed by atoms with E-state index in [2.05, 4.69) is 10.2 Å². The van der Waals surface area contributed by atoms with Crippen molar-refractivity contribution in [2.75, 3.05) is 19.8 Å². The van der Waals surface area contributed by atoms with Crippen LogP contribution < -0.4 is 15.0 Å². The number of nitrogens with zero attached hydrogens (tertiary/aromatic N) is 2. The molecule has 2 aromatic carbocycles. The van der Waals surface area contributed by atoms with Crippen LogP contribution in [0.25, 0.3) is 10.8 Å². The number of rotatable bonds is 3. The molecule has 0 saturated carbocycles. The summed E-state index contributed by atoms with van der Waals surface area (Å²) in [6, 6.07) is 13.2. The maximum Gasteiger partial charge on any atom is 0.272 e. The highest BCUT2D eigenvalue weighted by molar-refractivity contribution is 5.88. The minimum Gasteiger partial charge on any atom is -0.490 e. The summed E-state index contributed by atoms with van der Waals surface area (Å²) < 4.78 is 11.6. The molecule has 0 aliphatic carbocycles. The average Bonchev–Trinajstić information content (AvgIpc) is 3.15. The minimum absolute atomic E-state index is 0.00341. The second kappa shape index (κ2) is 7.82. The number of carbonyl (C=O) groups is 1. The number of likely N-dealkylation sites (tertiary alicyclic amines) is 1. The number of aromatic amines is 1. The first kappa shape index (κ1) is 18.7. The van der Waals surface area contributed by atoms with Crippen molar-refractivity contribution in [2.45, 2.75) is 31.7 Å². The Bertz CT molecular complexity index is 1160. The van der Waals surface area contributed by atoms with E-state index in [9.17, 15) is 9.59 Å². The van der Waals surface area contributed by atoms with Crippen molar-refractivity contribution in [3.05, 3.63) is 64.1 Å². The maximum absolute atomic E-state index is 13.2. The van der Waals surface area contributed by atoms with Crippen molar-refractivity contribution in [3.63, 3.8) is 0 Å². The molecule has 1 amide bonds. The van der Waals surface area contributed by atoms with Crippen LogP contribution in [0.4, 0.5) is 0 Å². The van der Waals surface area contributed by atoms with Crippen molar-refractivity contribution in [1.82, 2.24) is 15.1 Å². The Labute approximate surface area is 173 Å². The smallest absolute Gasteiger partial charge is 0.272 e. The summed E-state index contributed by atoms with van der Waals surface area (Å²) >= 11 is 0. The zero-order valence-corrected chi connectivity index (χ0v) is 16.6. The van der Waals surface area contributed by atoms with Crippen molar-refractivity contribution in [1.29, 1.82) is 0 Å². The van der Waals surface area contributed by atoms with Gasteiger partial charge in [0.15, 0.2) is 11.5 Å². The Balaban J connectivity index is 1.41. The molecule has 1 saturated heterocycles. The van der Waals surface area contributed by atoms with E-state index < -0.39 is 0 Å². The Morgan fingerprint density at radius 3 is 2.73 bits per heavy atom. The second-order valence-corrected chi connectivity index (χ2v) is 7.72. The summed E-state index contributed by atoms with van der Waals surface area (Å²) in [4.78, 5) is 27.1. The lowest BCUT2D eigenvalue weighted by Crippen LogP contribution is -2.32. The third kappa shape index (κ3) is 3.40. The molecule has 1 N–H and O–H groups in total. The standard InChI is InChI=1S/C23H23N3O4/c27-22(14-18-16-5-1-2-6-17(16)23(28)25-24-18)26-10-3-7-19(26)15-8-9-20-21(13-15)30-12-4-11-29-20/h1-2,5-6,8-9,13,19H,3-4,7,10-12,14H2,(H,25,28). The van der Waals surface area contributed by atoms with E-state index in [1.165, 1.54) is 0 Å². The Kier molecular flexibility index (Phi) is 4.86. The Morgan fingerprint density at radius 1 is 1.07 bits per heavy atom. The topological polar surface area (TPSA) is 84.5 Å². The highest BCUT2D eigenvalue weighted by Crippen LogP contribution is 2.38. The lowest BCUT2D eigenvalue weighted by molar-refractivity contribution is -0.131. The van der Waals surface area contributed by atoms with E-state index in [0.29, 0.717) is 30.8 Å². The van der Waals surface area contributed by atoms with Gasteiger partial charge in [-0.25, -0.2) is 5.10 Å². The summed E-state index contributed by atoms with van der Waals surface area (Å²) in [6.45, 7) is 1.99. The number of nitrogens with one attached hydrogen (secondary N) is 1. The molecule has 1 aromatic heterocycles. The van der Waals surface area contributed by atoms with E-state index in [-0.39, 0.29) is 23.9 Å². The second-order valence-electron chi connectivity index (χ2n) is 7.72. The number of hydrogen-bond donors (Lipinski definition) is 1. The first-order valence-corrected chi connectivity index (χ1v) is 10.4. The van der Waals surface area contributed by atoms with Crippen LogP contribution in [0.1, 0.15) is 36.6 Å². The van der Waals surface area contributed by atoms with E-state index >= 15 is 0 Å². The molecule has 1 fully saturated rings. The molecule has 2 aliphatic rings. The molecule has 7 heteroatoms.